The summed E-state index contributed by atoms with van der Waals surface area (Å²) in [4.78, 5) is 0. The van der Waals surface area contributed by atoms with Crippen LogP contribution >= 0.6 is 0 Å². The SMILES string of the molecule is CC(C)(C)c1c(O)cccc1B1OC(C)(C)C(C)(C)O1. The van der Waals surface area contributed by atoms with Gasteiger partial charge in [-0.25, -0.2) is 0 Å². The van der Waals surface area contributed by atoms with Crippen LogP contribution in [-0.2, 0) is 14.7 Å². The molecule has 110 valence electrons. The second-order valence-electron chi connectivity index (χ2n) is 7.58. The van der Waals surface area contributed by atoms with Crippen LogP contribution in [0.1, 0.15) is 54.0 Å². The molecular formula is C16H25BO3. The fraction of sp³-hybridized carbons (Fsp3) is 0.625. The van der Waals surface area contributed by atoms with Crippen LogP contribution in [0.4, 0.5) is 0 Å². The van der Waals surface area contributed by atoms with E-state index in [2.05, 4.69) is 20.8 Å². The second-order valence-corrected chi connectivity index (χ2v) is 7.58. The van der Waals surface area contributed by atoms with Gasteiger partial charge in [0.15, 0.2) is 0 Å². The van der Waals surface area contributed by atoms with Crippen molar-refractivity contribution in [2.75, 3.05) is 0 Å². The molecule has 3 nitrogen and oxygen atoms in total. The summed E-state index contributed by atoms with van der Waals surface area (Å²) in [6, 6.07) is 5.53. The Bertz CT molecular complexity index is 499. The van der Waals surface area contributed by atoms with Gasteiger partial charge in [0.2, 0.25) is 0 Å². The topological polar surface area (TPSA) is 38.7 Å². The van der Waals surface area contributed by atoms with Crippen molar-refractivity contribution < 1.29 is 14.4 Å². The molecule has 0 spiro atoms. The first-order valence-electron chi connectivity index (χ1n) is 7.14. The molecule has 0 unspecified atom stereocenters. The summed E-state index contributed by atoms with van der Waals surface area (Å²) in [5.74, 6) is 0.296. The Labute approximate surface area is 122 Å². The molecule has 1 heterocycles. The van der Waals surface area contributed by atoms with Crippen molar-refractivity contribution in [1.82, 2.24) is 0 Å². The maximum absolute atomic E-state index is 10.2. The van der Waals surface area contributed by atoms with E-state index in [1.54, 1.807) is 6.07 Å². The van der Waals surface area contributed by atoms with E-state index in [0.29, 0.717) is 5.75 Å². The number of benzene rings is 1. The predicted molar refractivity (Wildman–Crippen MR) is 82.5 cm³/mol. The van der Waals surface area contributed by atoms with Gasteiger partial charge in [-0.3, -0.25) is 0 Å². The Morgan fingerprint density at radius 3 is 1.95 bits per heavy atom. The third-order valence-corrected chi connectivity index (χ3v) is 4.33. The van der Waals surface area contributed by atoms with E-state index in [0.717, 1.165) is 11.0 Å². The largest absolute Gasteiger partial charge is 0.508 e. The molecule has 1 saturated heterocycles. The summed E-state index contributed by atoms with van der Waals surface area (Å²) in [6.07, 6.45) is 0. The summed E-state index contributed by atoms with van der Waals surface area (Å²) in [5, 5.41) is 10.2. The lowest BCUT2D eigenvalue weighted by atomic mass is 9.69. The zero-order chi connectivity index (χ0) is 15.3. The van der Waals surface area contributed by atoms with Crippen LogP contribution < -0.4 is 5.46 Å². The molecule has 1 aliphatic rings. The molecule has 20 heavy (non-hydrogen) atoms. The molecule has 1 fully saturated rings. The quantitative estimate of drug-likeness (QED) is 0.801. The van der Waals surface area contributed by atoms with E-state index >= 15 is 0 Å². The minimum Gasteiger partial charge on any atom is -0.508 e. The maximum Gasteiger partial charge on any atom is 0.495 e. The lowest BCUT2D eigenvalue weighted by Gasteiger charge is -2.32. The maximum atomic E-state index is 10.2. The van der Waals surface area contributed by atoms with Crippen molar-refractivity contribution in [3.8, 4) is 5.75 Å². The first kappa shape index (κ1) is 15.4. The molecule has 1 N–H and O–H groups in total. The average molecular weight is 276 g/mol. The first-order valence-corrected chi connectivity index (χ1v) is 7.14. The van der Waals surface area contributed by atoms with Crippen molar-refractivity contribution >= 4 is 12.6 Å². The Kier molecular flexibility index (Phi) is 3.47. The number of hydrogen-bond donors (Lipinski definition) is 1. The lowest BCUT2D eigenvalue weighted by molar-refractivity contribution is 0.00578. The van der Waals surface area contributed by atoms with Crippen molar-refractivity contribution in [1.29, 1.82) is 0 Å². The van der Waals surface area contributed by atoms with E-state index in [1.165, 1.54) is 0 Å². The number of phenolic OH excluding ortho intramolecular Hbond substituents is 1. The summed E-state index contributed by atoms with van der Waals surface area (Å²) >= 11 is 0. The number of hydrogen-bond acceptors (Lipinski definition) is 3. The lowest BCUT2D eigenvalue weighted by Crippen LogP contribution is -2.41. The standard InChI is InChI=1S/C16H25BO3/c1-14(2,3)13-11(9-8-10-12(13)18)17-19-15(4,5)16(6,7)20-17/h8-10,18H,1-7H3. The summed E-state index contributed by atoms with van der Waals surface area (Å²) < 4.78 is 12.2. The minimum atomic E-state index is -0.443. The van der Waals surface area contributed by atoms with Gasteiger partial charge in [-0.1, -0.05) is 32.9 Å². The molecule has 1 aromatic carbocycles. The van der Waals surface area contributed by atoms with Crippen LogP contribution in [0.2, 0.25) is 0 Å². The monoisotopic (exact) mass is 276 g/mol. The number of rotatable bonds is 1. The third kappa shape index (κ3) is 2.47. The highest BCUT2D eigenvalue weighted by Gasteiger charge is 2.52. The molecule has 1 aromatic rings. The summed E-state index contributed by atoms with van der Waals surface area (Å²) in [6.45, 7) is 14.4. The molecule has 1 aliphatic heterocycles. The van der Waals surface area contributed by atoms with E-state index in [4.69, 9.17) is 9.31 Å². The summed E-state index contributed by atoms with van der Waals surface area (Å²) in [7, 11) is -0.443. The molecule has 0 atom stereocenters. The zero-order valence-corrected chi connectivity index (χ0v) is 13.6. The smallest absolute Gasteiger partial charge is 0.495 e. The van der Waals surface area contributed by atoms with Gasteiger partial charge in [0.1, 0.15) is 5.75 Å². The van der Waals surface area contributed by atoms with Crippen LogP contribution in [-0.4, -0.2) is 23.4 Å². The van der Waals surface area contributed by atoms with Gasteiger partial charge in [0, 0.05) is 0 Å². The normalized spacial score (nSPS) is 21.2. The van der Waals surface area contributed by atoms with Gasteiger partial charge in [-0.2, -0.15) is 0 Å². The van der Waals surface area contributed by atoms with Crippen LogP contribution in [0.3, 0.4) is 0 Å². The van der Waals surface area contributed by atoms with E-state index in [1.807, 2.05) is 39.8 Å². The van der Waals surface area contributed by atoms with Gasteiger partial charge in [0.05, 0.1) is 11.2 Å². The predicted octanol–water partition coefficient (Wildman–Crippen LogP) is 2.99. The van der Waals surface area contributed by atoms with Crippen LogP contribution in [0, 0.1) is 0 Å². The van der Waals surface area contributed by atoms with Crippen LogP contribution in [0.25, 0.3) is 0 Å². The molecule has 0 aliphatic carbocycles. The Hall–Kier alpha value is -0.995. The minimum absolute atomic E-state index is 0.176. The van der Waals surface area contributed by atoms with E-state index < -0.39 is 7.12 Å². The first-order chi connectivity index (χ1) is 8.96. The van der Waals surface area contributed by atoms with Gasteiger partial charge in [-0.05, 0) is 50.2 Å². The number of phenols is 1. The number of aromatic hydroxyl groups is 1. The Balaban J connectivity index is 2.49. The van der Waals surface area contributed by atoms with E-state index in [-0.39, 0.29) is 16.6 Å². The van der Waals surface area contributed by atoms with Crippen molar-refractivity contribution in [3.05, 3.63) is 23.8 Å². The van der Waals surface area contributed by atoms with Crippen molar-refractivity contribution in [2.24, 2.45) is 0 Å². The highest BCUT2D eigenvalue weighted by Crippen LogP contribution is 2.38. The fourth-order valence-corrected chi connectivity index (χ4v) is 2.54. The molecule has 0 bridgehead atoms. The second kappa shape index (κ2) is 4.50. The highest BCUT2D eigenvalue weighted by molar-refractivity contribution is 6.62. The van der Waals surface area contributed by atoms with E-state index in [9.17, 15) is 5.11 Å². The molecule has 0 saturated carbocycles. The third-order valence-electron chi connectivity index (χ3n) is 4.33. The van der Waals surface area contributed by atoms with Crippen molar-refractivity contribution in [2.45, 2.75) is 65.1 Å². The van der Waals surface area contributed by atoms with Crippen LogP contribution in [0.15, 0.2) is 18.2 Å². The molecular weight excluding hydrogens is 251 g/mol. The fourth-order valence-electron chi connectivity index (χ4n) is 2.54. The zero-order valence-electron chi connectivity index (χ0n) is 13.6. The van der Waals surface area contributed by atoms with Gasteiger partial charge >= 0.3 is 7.12 Å². The molecule has 2 rings (SSSR count). The molecule has 4 heteroatoms. The molecule has 0 aromatic heterocycles. The molecule has 0 amide bonds. The van der Waals surface area contributed by atoms with Crippen molar-refractivity contribution in [3.63, 3.8) is 0 Å². The Morgan fingerprint density at radius 2 is 1.50 bits per heavy atom. The average Bonchev–Trinajstić information content (AvgIpc) is 2.46. The highest BCUT2D eigenvalue weighted by atomic mass is 16.7. The van der Waals surface area contributed by atoms with Crippen LogP contribution in [0.5, 0.6) is 5.75 Å². The van der Waals surface area contributed by atoms with Gasteiger partial charge in [-0.15, -0.1) is 0 Å². The van der Waals surface area contributed by atoms with Gasteiger partial charge in [0.25, 0.3) is 0 Å². The molecule has 0 radical (unpaired) electrons. The summed E-state index contributed by atoms with van der Waals surface area (Å²) in [5.41, 5.74) is 0.871. The Morgan fingerprint density at radius 1 is 1.00 bits per heavy atom. The van der Waals surface area contributed by atoms with Gasteiger partial charge < -0.3 is 14.4 Å².